The van der Waals surface area contributed by atoms with E-state index < -0.39 is 6.03 Å². The van der Waals surface area contributed by atoms with Gasteiger partial charge in [-0.3, -0.25) is 0 Å². The van der Waals surface area contributed by atoms with E-state index in [0.717, 1.165) is 16.8 Å². The molecule has 0 aliphatic rings. The lowest BCUT2D eigenvalue weighted by Crippen LogP contribution is -2.24. The molecule has 0 saturated heterocycles. The van der Waals surface area contributed by atoms with E-state index in [1.54, 1.807) is 24.3 Å². The van der Waals surface area contributed by atoms with Gasteiger partial charge in [0.2, 0.25) is 0 Å². The Morgan fingerprint density at radius 2 is 1.88 bits per heavy atom. The minimum Gasteiger partial charge on any atom is -0.455 e. The highest BCUT2D eigenvalue weighted by molar-refractivity contribution is 5.90. The van der Waals surface area contributed by atoms with Crippen molar-refractivity contribution in [1.29, 1.82) is 5.26 Å². The first-order valence-electron chi connectivity index (χ1n) is 7.92. The second-order valence-corrected chi connectivity index (χ2v) is 5.53. The number of nitrogens with zero attached hydrogens (tertiary/aromatic N) is 2. The van der Waals surface area contributed by atoms with Gasteiger partial charge in [0, 0.05) is 11.3 Å². The van der Waals surface area contributed by atoms with Crippen LogP contribution in [0, 0.1) is 18.3 Å². The number of furan rings is 1. The standard InChI is InChI=1S/C20H16N4O2/c1-14-4-2-3-5-18(14)23-20(25)24-22-13-17-10-11-19(26-17)16-8-6-15(12-21)7-9-16/h2-11,13H,1H3,(H2,23,24,25). The van der Waals surface area contributed by atoms with E-state index in [-0.39, 0.29) is 0 Å². The predicted octanol–water partition coefficient (Wildman–Crippen LogP) is 4.28. The van der Waals surface area contributed by atoms with Crippen molar-refractivity contribution >= 4 is 17.9 Å². The molecule has 2 amide bonds. The summed E-state index contributed by atoms with van der Waals surface area (Å²) in [6.45, 7) is 1.91. The molecule has 0 radical (unpaired) electrons. The number of rotatable bonds is 4. The summed E-state index contributed by atoms with van der Waals surface area (Å²) < 4.78 is 5.66. The van der Waals surface area contributed by atoms with Gasteiger partial charge < -0.3 is 9.73 Å². The minimum absolute atomic E-state index is 0.436. The molecule has 0 atom stereocenters. The second-order valence-electron chi connectivity index (χ2n) is 5.53. The fraction of sp³-hybridized carbons (Fsp3) is 0.0500. The molecule has 6 heteroatoms. The van der Waals surface area contributed by atoms with Crippen LogP contribution in [0.3, 0.4) is 0 Å². The van der Waals surface area contributed by atoms with Crippen molar-refractivity contribution in [1.82, 2.24) is 5.43 Å². The van der Waals surface area contributed by atoms with E-state index in [1.165, 1.54) is 6.21 Å². The van der Waals surface area contributed by atoms with E-state index in [1.807, 2.05) is 43.3 Å². The first kappa shape index (κ1) is 17.0. The van der Waals surface area contributed by atoms with Crippen LogP contribution in [0.5, 0.6) is 0 Å². The van der Waals surface area contributed by atoms with Crippen molar-refractivity contribution in [3.63, 3.8) is 0 Å². The van der Waals surface area contributed by atoms with Crippen LogP contribution in [0.2, 0.25) is 0 Å². The Kier molecular flexibility index (Phi) is 5.11. The second kappa shape index (κ2) is 7.81. The quantitative estimate of drug-likeness (QED) is 0.546. The number of urea groups is 1. The molecule has 1 aromatic heterocycles. The number of anilines is 1. The summed E-state index contributed by atoms with van der Waals surface area (Å²) in [5, 5.41) is 15.4. The third-order valence-corrected chi connectivity index (χ3v) is 3.68. The average molecular weight is 344 g/mol. The van der Waals surface area contributed by atoms with Crippen LogP contribution in [0.4, 0.5) is 10.5 Å². The zero-order valence-corrected chi connectivity index (χ0v) is 14.1. The van der Waals surface area contributed by atoms with Gasteiger partial charge in [0.15, 0.2) is 0 Å². The summed E-state index contributed by atoms with van der Waals surface area (Å²) in [5.74, 6) is 1.15. The Labute approximate surface area is 150 Å². The SMILES string of the molecule is Cc1ccccc1NC(=O)NN=Cc1ccc(-c2ccc(C#N)cc2)o1. The van der Waals surface area contributed by atoms with E-state index in [4.69, 9.17) is 9.68 Å². The summed E-state index contributed by atoms with van der Waals surface area (Å²) >= 11 is 0. The van der Waals surface area contributed by atoms with Crippen molar-refractivity contribution in [2.45, 2.75) is 6.92 Å². The van der Waals surface area contributed by atoms with Crippen LogP contribution in [0.1, 0.15) is 16.9 Å². The third kappa shape index (κ3) is 4.16. The molecule has 6 nitrogen and oxygen atoms in total. The van der Waals surface area contributed by atoms with Gasteiger partial charge in [-0.2, -0.15) is 10.4 Å². The van der Waals surface area contributed by atoms with Crippen LogP contribution in [0.25, 0.3) is 11.3 Å². The molecule has 0 aliphatic carbocycles. The molecular weight excluding hydrogens is 328 g/mol. The van der Waals surface area contributed by atoms with Crippen molar-refractivity contribution < 1.29 is 9.21 Å². The molecule has 0 bridgehead atoms. The van der Waals surface area contributed by atoms with Gasteiger partial charge in [-0.25, -0.2) is 10.2 Å². The molecule has 0 unspecified atom stereocenters. The Hall–Kier alpha value is -3.85. The van der Waals surface area contributed by atoms with Crippen LogP contribution in [-0.4, -0.2) is 12.2 Å². The van der Waals surface area contributed by atoms with Crippen molar-refractivity contribution in [2.24, 2.45) is 5.10 Å². The van der Waals surface area contributed by atoms with Crippen molar-refractivity contribution in [2.75, 3.05) is 5.32 Å². The molecule has 3 rings (SSSR count). The first-order chi connectivity index (χ1) is 12.7. The molecular formula is C20H16N4O2. The van der Waals surface area contributed by atoms with E-state index in [0.29, 0.717) is 17.1 Å². The maximum absolute atomic E-state index is 11.8. The highest BCUT2D eigenvalue weighted by atomic mass is 16.3. The largest absolute Gasteiger partial charge is 0.455 e. The summed E-state index contributed by atoms with van der Waals surface area (Å²) in [5.41, 5.74) is 5.52. The molecule has 0 fully saturated rings. The average Bonchev–Trinajstić information content (AvgIpc) is 3.12. The van der Waals surface area contributed by atoms with E-state index >= 15 is 0 Å². The van der Waals surface area contributed by atoms with Crippen LogP contribution < -0.4 is 10.7 Å². The number of nitrogens with one attached hydrogen (secondary N) is 2. The first-order valence-corrected chi connectivity index (χ1v) is 7.92. The summed E-state index contributed by atoms with van der Waals surface area (Å²) in [6, 6.07) is 19.7. The van der Waals surface area contributed by atoms with Gasteiger partial charge in [0.25, 0.3) is 0 Å². The van der Waals surface area contributed by atoms with Crippen molar-refractivity contribution in [3.8, 4) is 17.4 Å². The van der Waals surface area contributed by atoms with Gasteiger partial charge >= 0.3 is 6.03 Å². The predicted molar refractivity (Wildman–Crippen MR) is 99.8 cm³/mol. The number of hydrazone groups is 1. The molecule has 2 N–H and O–H groups in total. The third-order valence-electron chi connectivity index (χ3n) is 3.68. The highest BCUT2D eigenvalue weighted by Gasteiger charge is 2.05. The summed E-state index contributed by atoms with van der Waals surface area (Å²) in [6.07, 6.45) is 1.42. The van der Waals surface area contributed by atoms with Crippen molar-refractivity contribution in [3.05, 3.63) is 77.6 Å². The number of aryl methyl sites for hydroxylation is 1. The molecule has 0 spiro atoms. The Balaban J connectivity index is 1.59. The van der Waals surface area contributed by atoms with Crippen LogP contribution in [-0.2, 0) is 0 Å². The zero-order chi connectivity index (χ0) is 18.4. The van der Waals surface area contributed by atoms with E-state index in [2.05, 4.69) is 21.9 Å². The van der Waals surface area contributed by atoms with Gasteiger partial charge in [-0.1, -0.05) is 18.2 Å². The number of carbonyl (C=O) groups is 1. The lowest BCUT2D eigenvalue weighted by Gasteiger charge is -2.06. The smallest absolute Gasteiger partial charge is 0.339 e. The van der Waals surface area contributed by atoms with Crippen LogP contribution in [0.15, 0.2) is 70.2 Å². The fourth-order valence-corrected chi connectivity index (χ4v) is 2.30. The number of carbonyl (C=O) groups excluding carboxylic acids is 1. The molecule has 26 heavy (non-hydrogen) atoms. The zero-order valence-electron chi connectivity index (χ0n) is 14.1. The highest BCUT2D eigenvalue weighted by Crippen LogP contribution is 2.21. The lowest BCUT2D eigenvalue weighted by atomic mass is 10.1. The molecule has 3 aromatic rings. The molecule has 0 aliphatic heterocycles. The Bertz CT molecular complexity index is 982. The number of para-hydroxylation sites is 1. The summed E-state index contributed by atoms with van der Waals surface area (Å²) in [4.78, 5) is 11.8. The number of amides is 2. The maximum atomic E-state index is 11.8. The lowest BCUT2D eigenvalue weighted by molar-refractivity contribution is 0.252. The number of hydrogen-bond acceptors (Lipinski definition) is 4. The minimum atomic E-state index is -0.436. The topological polar surface area (TPSA) is 90.4 Å². The van der Waals surface area contributed by atoms with Gasteiger partial charge in [-0.15, -0.1) is 0 Å². The fourth-order valence-electron chi connectivity index (χ4n) is 2.30. The Morgan fingerprint density at radius 3 is 2.62 bits per heavy atom. The maximum Gasteiger partial charge on any atom is 0.339 e. The normalized spacial score (nSPS) is 10.5. The Morgan fingerprint density at radius 1 is 1.12 bits per heavy atom. The molecule has 1 heterocycles. The molecule has 128 valence electrons. The van der Waals surface area contributed by atoms with Gasteiger partial charge in [0.1, 0.15) is 11.5 Å². The number of benzene rings is 2. The van der Waals surface area contributed by atoms with E-state index in [9.17, 15) is 4.79 Å². The van der Waals surface area contributed by atoms with Gasteiger partial charge in [0.05, 0.1) is 17.8 Å². The summed E-state index contributed by atoms with van der Waals surface area (Å²) in [7, 11) is 0. The molecule has 2 aromatic carbocycles. The van der Waals surface area contributed by atoms with Crippen LogP contribution >= 0.6 is 0 Å². The molecule has 0 saturated carbocycles. The number of nitriles is 1. The monoisotopic (exact) mass is 344 g/mol. The number of hydrogen-bond donors (Lipinski definition) is 2. The van der Waals surface area contributed by atoms with Gasteiger partial charge in [-0.05, 0) is 55.0 Å².